The van der Waals surface area contributed by atoms with E-state index in [9.17, 15) is 155 Å². The Balaban J connectivity index is -0.0000000207. The van der Waals surface area contributed by atoms with E-state index in [2.05, 4.69) is 40.9 Å². The van der Waals surface area contributed by atoms with Crippen molar-refractivity contribution in [2.75, 3.05) is 13.2 Å². The third-order valence-corrected chi connectivity index (χ3v) is 16.6. The number of nitrogens with one attached hydrogen (secondary N) is 5. The maximum absolute atomic E-state index is 11.0. The first kappa shape index (κ1) is 289. The van der Waals surface area contributed by atoms with Crippen LogP contribution in [0.1, 0.15) is 395 Å². The molecule has 0 aliphatic carbocycles. The molecule has 0 aromatic rings. The van der Waals surface area contributed by atoms with E-state index in [4.69, 9.17) is 55.7 Å². The molecule has 7 amide bonds. The molecule has 0 bridgehead atoms. The highest BCUT2D eigenvalue weighted by Crippen LogP contribution is 2.32. The minimum atomic E-state index is -2.70. The molecule has 35 N–H and O–H groups in total. The summed E-state index contributed by atoms with van der Waals surface area (Å²) in [6.07, 6.45) is -37.5. The lowest BCUT2D eigenvalue weighted by atomic mass is 9.90. The van der Waals surface area contributed by atoms with Gasteiger partial charge < -0.3 is 199 Å². The van der Waals surface area contributed by atoms with Crippen LogP contribution in [0, 0.1) is 5.92 Å². The molecule has 7 fully saturated rings. The van der Waals surface area contributed by atoms with E-state index in [-0.39, 0.29) is 337 Å². The average Bonchev–Trinajstić information content (AvgIpc) is 0.780. The van der Waals surface area contributed by atoms with Crippen LogP contribution in [-0.4, -0.2) is 407 Å². The Morgan fingerprint density at radius 1 is 0.293 bits per heavy atom. The number of primary amides is 2. The van der Waals surface area contributed by atoms with Gasteiger partial charge in [0.15, 0.2) is 43.7 Å². The standard InChI is InChI=1S/C9H17NO4.2C8H14N2O6.2C8H15NO5.C8H14O9.C8H14O8.43CH4/c1-4-5(2)14-9(13)7(8(4)12)10-6(3)11;2*1-2(11)10-3-4(12)5(13)6(7(9)14)16-8(3)15;2*1-3-6(11)7(12)5(8(13)14-3)9-4(2)10;9-2-4(11)6-5(12)3(10)1-8(14,16-6)7(13)17-15;9-2-4(11)6-5(12)3(10)1-8(15,16-6)7(13)14;;;;;;;;;;;;;;;;;;;;;;;;;;;;;;;;;;;;;;;;;;;/h4-5,7-9,12-13H,1-3H3,(H,10,11);2*3-6,8,12-13,15H,1H3,(H2,9,14)(H,10,11);2*3,5-8,11-13H,1-2H3,(H,9,10);3-6,9-12,14-15H,1-2H2;3-6,9-12,15H,1-2H2,(H,13,14);43*1H4/t4-,5?,7?,8+,9-;3?,4-,5-,6?,8+;3?,4-,5-,6?,8-;3?,5?,6-,7-,8+;3?,5?,6-,7-,8-;3-,4-,5-,6?,8-;3-,4-,5-,6?,8+;;;;;;;;;;;;;;;;;;;;;;;;;;;;;;;;;;;;;;;;;;;/m1111111.........................................../s1. The van der Waals surface area contributed by atoms with Gasteiger partial charge in [0.25, 0.3) is 11.6 Å². The highest BCUT2D eigenvalue weighted by Gasteiger charge is 2.55. The summed E-state index contributed by atoms with van der Waals surface area (Å²) in [5.41, 5.74) is 9.79. The van der Waals surface area contributed by atoms with Gasteiger partial charge in [-0.15, -0.1) is 0 Å². The van der Waals surface area contributed by atoms with Gasteiger partial charge >= 0.3 is 11.9 Å². The van der Waals surface area contributed by atoms with Crippen LogP contribution in [0.5, 0.6) is 0 Å². The Kier molecular flexibility index (Phi) is 250. The summed E-state index contributed by atoms with van der Waals surface area (Å²) in [5, 5.41) is 254. The highest BCUT2D eigenvalue weighted by molar-refractivity contribution is 5.81. The fourth-order valence-corrected chi connectivity index (χ4v) is 10.6. The molecule has 50 heteroatoms. The van der Waals surface area contributed by atoms with Gasteiger partial charge in [-0.3, -0.25) is 38.4 Å². The summed E-state index contributed by atoms with van der Waals surface area (Å²) in [6.45, 7) is 11.2. The number of aliphatic hydroxyl groups excluding tert-OH is 22. The second-order valence-electron chi connectivity index (χ2n) is 25.2. The number of carboxylic acid groups (broad SMARTS) is 1. The van der Waals surface area contributed by atoms with Gasteiger partial charge in [0.1, 0.15) is 116 Å². The maximum atomic E-state index is 11.0. The van der Waals surface area contributed by atoms with Gasteiger partial charge in [0.2, 0.25) is 41.4 Å². The molecule has 7 heterocycles. The maximum Gasteiger partial charge on any atom is 0.400 e. The molecule has 150 heavy (non-hydrogen) atoms. The zero-order valence-electron chi connectivity index (χ0n) is 58.6. The van der Waals surface area contributed by atoms with Crippen LogP contribution in [0.2, 0.25) is 0 Å². The SMILES string of the molecule is C.C.C.C.C.C.C.C.C.C.C.C.C.C.C.C.C.C.C.C.C.C.C.C.C.C.C.C.C.C.C.C.C.C.C.C.C.C.C.C.C.C.C.CC(=O)NC1[C@@H](O)[C@@H](O)C(C(N)=O)O[C@@H]1O.CC(=O)NC1[C@@H](O)[C@H](O)C(C)O[C@@H]1O.CC(=O)NC1[C@H](O)OC(C(N)=O)[C@H](O)[C@@H]1O.CC(=O)NC1[C@H](O)OC(C)[C@@H](C)[C@@H]1O.CC(=O)NC1[C@H](O)OC(C)[C@@H](O)[C@@H]1O.O=C(O)[C@]1(O)C[C@@H](O)[C@@H](O)C([C@H](O)CO)O1.O=C(OO)[C@@]1(O)C[C@@H](O)[C@@H](O)C([C@H](O)CO)O1. The third-order valence-electron chi connectivity index (χ3n) is 16.6. The third kappa shape index (κ3) is 83.3. The lowest BCUT2D eigenvalue weighted by molar-refractivity contribution is -0.333. The van der Waals surface area contributed by atoms with Crippen molar-refractivity contribution in [1.29, 1.82) is 0 Å². The lowest BCUT2D eigenvalue weighted by Crippen LogP contribution is -2.65. The number of carbonyl (C=O) groups is 9. The Labute approximate surface area is 922 Å². The van der Waals surface area contributed by atoms with E-state index >= 15 is 0 Å². The second-order valence-corrected chi connectivity index (χ2v) is 25.2. The van der Waals surface area contributed by atoms with Crippen LogP contribution in [0.25, 0.3) is 0 Å². The molecule has 7 rings (SSSR count). The number of amides is 7. The lowest BCUT2D eigenvalue weighted by Gasteiger charge is -2.41. The molecule has 7 aliphatic heterocycles. The largest absolute Gasteiger partial charge is 0.477 e. The monoisotopic (exact) mass is 2260 g/mol. The number of hydrogen-bond donors (Lipinski definition) is 33. The molecule has 0 radical (unpaired) electrons. The van der Waals surface area contributed by atoms with Crippen molar-refractivity contribution in [2.24, 2.45) is 17.4 Å². The van der Waals surface area contributed by atoms with Gasteiger partial charge in [0, 0.05) is 53.4 Å². The number of aliphatic hydroxyl groups is 24. The molecule has 35 atom stereocenters. The normalized spacial score (nSPS) is 29.4. The smallest absolute Gasteiger partial charge is 0.400 e. The quantitative estimate of drug-likeness (QED) is 0.0606. The van der Waals surface area contributed by atoms with E-state index in [1.807, 2.05) is 6.92 Å². The molecule has 0 spiro atoms. The van der Waals surface area contributed by atoms with Crippen LogP contribution in [0.4, 0.5) is 0 Å². The topological polar surface area (TPSA) is 866 Å². The summed E-state index contributed by atoms with van der Waals surface area (Å²) in [5.74, 6) is -13.0. The summed E-state index contributed by atoms with van der Waals surface area (Å²) in [4.78, 5) is 100. The van der Waals surface area contributed by atoms with E-state index < -0.39 is 275 Å². The fourth-order valence-electron chi connectivity index (χ4n) is 10.6. The van der Waals surface area contributed by atoms with Crippen LogP contribution < -0.4 is 38.1 Å². The van der Waals surface area contributed by atoms with E-state index in [1.165, 1.54) is 48.5 Å². The molecule has 0 aromatic heterocycles. The molecule has 0 aromatic carbocycles. The number of rotatable bonds is 13. The fraction of sp³-hybridized carbons (Fsp3) is 0.910. The van der Waals surface area contributed by atoms with Crippen LogP contribution in [-0.2, 0) is 81.2 Å². The average molecular weight is 2260 g/mol. The molecule has 7 saturated heterocycles. The number of ether oxygens (including phenoxy) is 7. The molecule has 50 nitrogen and oxygen atoms in total. The molecular weight excluding hydrogens is 1990 g/mol. The van der Waals surface area contributed by atoms with E-state index in [0.717, 1.165) is 0 Å². The molecule has 968 valence electrons. The molecule has 12 unspecified atom stereocenters. The van der Waals surface area contributed by atoms with Crippen molar-refractivity contribution in [2.45, 2.75) is 602 Å². The minimum Gasteiger partial charge on any atom is -0.477 e. The predicted molar refractivity (Wildman–Crippen MR) is 626 cm³/mol. The summed E-state index contributed by atoms with van der Waals surface area (Å²) >= 11 is 0. The van der Waals surface area contributed by atoms with Crippen molar-refractivity contribution >= 4 is 53.3 Å². The minimum absolute atomic E-state index is 0. The number of aliphatic carboxylic acids is 1. The predicted octanol–water partition coefficient (Wildman–Crippen LogP) is 8.49. The van der Waals surface area contributed by atoms with Crippen molar-refractivity contribution in [3.8, 4) is 0 Å². The number of nitrogens with two attached hydrogens (primary N) is 2. The van der Waals surface area contributed by atoms with Crippen LogP contribution in [0.3, 0.4) is 0 Å². The Morgan fingerprint density at radius 2 is 0.473 bits per heavy atom. The van der Waals surface area contributed by atoms with E-state index in [0.29, 0.717) is 0 Å². The number of carboxylic acids is 1. The van der Waals surface area contributed by atoms with Crippen molar-refractivity contribution in [1.82, 2.24) is 26.6 Å². The Morgan fingerprint density at radius 3 is 0.660 bits per heavy atom. The van der Waals surface area contributed by atoms with Crippen molar-refractivity contribution in [3.63, 3.8) is 0 Å². The van der Waals surface area contributed by atoms with Gasteiger partial charge in [-0.2, -0.15) is 5.26 Å². The first-order valence-corrected chi connectivity index (χ1v) is 32.1. The van der Waals surface area contributed by atoms with Crippen LogP contribution in [0.15, 0.2) is 0 Å². The van der Waals surface area contributed by atoms with Gasteiger partial charge in [-0.1, -0.05) is 326 Å². The first-order chi connectivity index (χ1) is 49.1. The Hall–Kier alpha value is -6.05. The highest BCUT2D eigenvalue weighted by atomic mass is 17.1. The zero-order chi connectivity index (χ0) is 83.3. The van der Waals surface area contributed by atoms with Crippen LogP contribution >= 0.6 is 0 Å². The van der Waals surface area contributed by atoms with Gasteiger partial charge in [-0.05, 0) is 20.8 Å². The van der Waals surface area contributed by atoms with Gasteiger partial charge in [-0.25, -0.2) is 9.59 Å². The summed E-state index contributed by atoms with van der Waals surface area (Å²) in [7, 11) is 0. The molecule has 0 saturated carbocycles. The van der Waals surface area contributed by atoms with Gasteiger partial charge in [0.05, 0.1) is 49.8 Å². The summed E-state index contributed by atoms with van der Waals surface area (Å²) in [6, 6.07) is -5.12. The van der Waals surface area contributed by atoms with Crippen molar-refractivity contribution in [3.05, 3.63) is 0 Å². The van der Waals surface area contributed by atoms with E-state index in [1.54, 1.807) is 6.92 Å². The Bertz CT molecular complexity index is 2700. The molecule has 7 aliphatic rings. The zero-order valence-corrected chi connectivity index (χ0v) is 58.6. The number of hydrogen-bond acceptors (Lipinski definition) is 42. The van der Waals surface area contributed by atoms with Crippen molar-refractivity contribution < 1.29 is 214 Å². The second kappa shape index (κ2) is 130. The number of carbonyl (C=O) groups excluding carboxylic acids is 8. The molecular formula is C100H275N7O43. The first-order valence-electron chi connectivity index (χ1n) is 32.1. The summed E-state index contributed by atoms with van der Waals surface area (Å²) < 4.78 is 33.7.